The molecule has 164 valence electrons. The molecule has 0 saturated heterocycles. The highest BCUT2D eigenvalue weighted by atomic mass is 16.5. The third kappa shape index (κ3) is 7.24. The van der Waals surface area contributed by atoms with Crippen molar-refractivity contribution in [3.05, 3.63) is 83.5 Å². The molecule has 3 rings (SSSR count). The molecule has 0 radical (unpaired) electrons. The molecule has 2 N–H and O–H groups in total. The van der Waals surface area contributed by atoms with Crippen LogP contribution in [0.5, 0.6) is 0 Å². The summed E-state index contributed by atoms with van der Waals surface area (Å²) in [6.07, 6.45) is 2.63. The Balaban J connectivity index is 1.49. The van der Waals surface area contributed by atoms with Gasteiger partial charge in [-0.25, -0.2) is 0 Å². The second-order valence-corrected chi connectivity index (χ2v) is 7.98. The van der Waals surface area contributed by atoms with E-state index in [-0.39, 0.29) is 5.92 Å². The van der Waals surface area contributed by atoms with E-state index in [1.165, 1.54) is 11.1 Å². The van der Waals surface area contributed by atoms with E-state index in [1.54, 1.807) is 7.05 Å². The fourth-order valence-electron chi connectivity index (χ4n) is 3.42. The maximum absolute atomic E-state index is 5.31. The minimum absolute atomic E-state index is 0.284. The predicted octanol–water partition coefficient (Wildman–Crippen LogP) is 4.32. The standard InChI is InChI=1S/C25H33N5O/c1-19(2)24-29-23(31-30-24)15-10-16-27-25(26-3)28-18-22(21-13-8-5-9-14-21)17-20-11-6-4-7-12-20/h4-9,11-14,19,22H,10,15-18H2,1-3H3,(H2,26,27,28). The molecule has 1 unspecified atom stereocenters. The molecule has 1 aromatic heterocycles. The number of aryl methyl sites for hydroxylation is 1. The van der Waals surface area contributed by atoms with Crippen LogP contribution < -0.4 is 10.6 Å². The van der Waals surface area contributed by atoms with Gasteiger partial charge in [-0.3, -0.25) is 4.99 Å². The molecule has 0 amide bonds. The van der Waals surface area contributed by atoms with Gasteiger partial charge in [0.25, 0.3) is 0 Å². The van der Waals surface area contributed by atoms with Gasteiger partial charge in [0.2, 0.25) is 5.89 Å². The van der Waals surface area contributed by atoms with E-state index < -0.39 is 0 Å². The first-order valence-corrected chi connectivity index (χ1v) is 11.0. The van der Waals surface area contributed by atoms with Crippen LogP contribution in [0.4, 0.5) is 0 Å². The largest absolute Gasteiger partial charge is 0.356 e. The van der Waals surface area contributed by atoms with Gasteiger partial charge in [0, 0.05) is 38.4 Å². The van der Waals surface area contributed by atoms with E-state index >= 15 is 0 Å². The van der Waals surface area contributed by atoms with Crippen LogP contribution in [0, 0.1) is 0 Å². The summed E-state index contributed by atoms with van der Waals surface area (Å²) in [5, 5.41) is 10.9. The summed E-state index contributed by atoms with van der Waals surface area (Å²) in [7, 11) is 1.80. The van der Waals surface area contributed by atoms with E-state index in [0.29, 0.717) is 11.8 Å². The first-order valence-electron chi connectivity index (χ1n) is 11.0. The van der Waals surface area contributed by atoms with Gasteiger partial charge in [-0.15, -0.1) is 0 Å². The molecule has 6 nitrogen and oxygen atoms in total. The molecule has 0 saturated carbocycles. The van der Waals surface area contributed by atoms with E-state index in [2.05, 4.69) is 100 Å². The minimum atomic E-state index is 0.284. The van der Waals surface area contributed by atoms with Crippen molar-refractivity contribution < 1.29 is 4.52 Å². The predicted molar refractivity (Wildman–Crippen MR) is 125 cm³/mol. The Morgan fingerprint density at radius 1 is 1.00 bits per heavy atom. The number of benzene rings is 2. The molecule has 0 bridgehead atoms. The fraction of sp³-hybridized carbons (Fsp3) is 0.400. The van der Waals surface area contributed by atoms with Gasteiger partial charge in [-0.05, 0) is 24.0 Å². The summed E-state index contributed by atoms with van der Waals surface area (Å²) in [4.78, 5) is 8.80. The summed E-state index contributed by atoms with van der Waals surface area (Å²) in [5.74, 6) is 2.91. The van der Waals surface area contributed by atoms with Gasteiger partial charge in [-0.2, -0.15) is 4.98 Å². The summed E-state index contributed by atoms with van der Waals surface area (Å²) in [5.41, 5.74) is 2.66. The third-order valence-electron chi connectivity index (χ3n) is 5.20. The van der Waals surface area contributed by atoms with Crippen molar-refractivity contribution in [3.63, 3.8) is 0 Å². The fourth-order valence-corrected chi connectivity index (χ4v) is 3.42. The molecule has 1 atom stereocenters. The van der Waals surface area contributed by atoms with Crippen LogP contribution in [0.1, 0.15) is 54.9 Å². The monoisotopic (exact) mass is 419 g/mol. The number of nitrogens with zero attached hydrogens (tertiary/aromatic N) is 3. The van der Waals surface area contributed by atoms with Crippen LogP contribution in [0.25, 0.3) is 0 Å². The molecule has 3 aromatic rings. The number of nitrogens with one attached hydrogen (secondary N) is 2. The zero-order valence-electron chi connectivity index (χ0n) is 18.7. The van der Waals surface area contributed by atoms with Gasteiger partial charge in [0.15, 0.2) is 11.8 Å². The number of rotatable bonds is 10. The summed E-state index contributed by atoms with van der Waals surface area (Å²) in [6.45, 7) is 5.71. The summed E-state index contributed by atoms with van der Waals surface area (Å²) in [6, 6.07) is 21.3. The van der Waals surface area contributed by atoms with E-state index in [4.69, 9.17) is 4.52 Å². The topological polar surface area (TPSA) is 75.3 Å². The van der Waals surface area contributed by atoms with Crippen molar-refractivity contribution in [2.45, 2.75) is 44.9 Å². The number of hydrogen-bond acceptors (Lipinski definition) is 4. The normalized spacial score (nSPS) is 12.7. The molecule has 0 spiro atoms. The first kappa shape index (κ1) is 22.5. The van der Waals surface area contributed by atoms with Crippen LogP contribution in [0.2, 0.25) is 0 Å². The zero-order chi connectivity index (χ0) is 21.9. The Hall–Kier alpha value is -3.15. The van der Waals surface area contributed by atoms with Crippen molar-refractivity contribution in [1.29, 1.82) is 0 Å². The Morgan fingerprint density at radius 3 is 2.35 bits per heavy atom. The minimum Gasteiger partial charge on any atom is -0.356 e. The number of hydrogen-bond donors (Lipinski definition) is 2. The highest BCUT2D eigenvalue weighted by Crippen LogP contribution is 2.20. The lowest BCUT2D eigenvalue weighted by atomic mass is 9.92. The van der Waals surface area contributed by atoms with Crippen molar-refractivity contribution in [2.75, 3.05) is 20.1 Å². The molecule has 31 heavy (non-hydrogen) atoms. The summed E-state index contributed by atoms with van der Waals surface area (Å²) < 4.78 is 5.31. The molecule has 2 aromatic carbocycles. The van der Waals surface area contributed by atoms with Gasteiger partial charge in [0.1, 0.15) is 0 Å². The maximum atomic E-state index is 5.31. The molecule has 0 aliphatic carbocycles. The number of aliphatic imine (C=N–C) groups is 1. The lowest BCUT2D eigenvalue weighted by Crippen LogP contribution is -2.40. The first-order chi connectivity index (χ1) is 15.2. The third-order valence-corrected chi connectivity index (χ3v) is 5.20. The second-order valence-electron chi connectivity index (χ2n) is 7.98. The van der Waals surface area contributed by atoms with E-state index in [1.807, 2.05) is 0 Å². The van der Waals surface area contributed by atoms with Crippen molar-refractivity contribution in [3.8, 4) is 0 Å². The van der Waals surface area contributed by atoms with Gasteiger partial charge >= 0.3 is 0 Å². The van der Waals surface area contributed by atoms with Crippen LogP contribution in [0.3, 0.4) is 0 Å². The molecule has 6 heteroatoms. The molecule has 0 aliphatic rings. The molecule has 0 fully saturated rings. The average Bonchev–Trinajstić information content (AvgIpc) is 3.28. The maximum Gasteiger partial charge on any atom is 0.226 e. The second kappa shape index (κ2) is 11.9. The SMILES string of the molecule is CN=C(NCCCc1nc(C(C)C)no1)NCC(Cc1ccccc1)c1ccccc1. The number of guanidine groups is 1. The van der Waals surface area contributed by atoms with Crippen LogP contribution >= 0.6 is 0 Å². The Labute approximate surface area is 185 Å². The quantitative estimate of drug-likeness (QED) is 0.291. The van der Waals surface area contributed by atoms with Crippen LogP contribution in [-0.2, 0) is 12.8 Å². The molecular weight excluding hydrogens is 386 g/mol. The van der Waals surface area contributed by atoms with Crippen LogP contribution in [0.15, 0.2) is 70.2 Å². The van der Waals surface area contributed by atoms with Crippen LogP contribution in [-0.4, -0.2) is 36.2 Å². The Kier molecular flexibility index (Phi) is 8.64. The smallest absolute Gasteiger partial charge is 0.226 e. The number of aromatic nitrogens is 2. The van der Waals surface area contributed by atoms with E-state index in [9.17, 15) is 0 Å². The lowest BCUT2D eigenvalue weighted by Gasteiger charge is -2.20. The molecule has 0 aliphatic heterocycles. The highest BCUT2D eigenvalue weighted by molar-refractivity contribution is 5.79. The van der Waals surface area contributed by atoms with Gasteiger partial charge < -0.3 is 15.2 Å². The Bertz CT molecular complexity index is 921. The zero-order valence-corrected chi connectivity index (χ0v) is 18.7. The summed E-state index contributed by atoms with van der Waals surface area (Å²) >= 11 is 0. The van der Waals surface area contributed by atoms with E-state index in [0.717, 1.165) is 44.1 Å². The van der Waals surface area contributed by atoms with Gasteiger partial charge in [0.05, 0.1) is 0 Å². The van der Waals surface area contributed by atoms with Gasteiger partial charge in [-0.1, -0.05) is 79.7 Å². The Morgan fingerprint density at radius 2 is 1.71 bits per heavy atom. The average molecular weight is 420 g/mol. The highest BCUT2D eigenvalue weighted by Gasteiger charge is 2.13. The molecule has 1 heterocycles. The lowest BCUT2D eigenvalue weighted by molar-refractivity contribution is 0.368. The van der Waals surface area contributed by atoms with Crippen molar-refractivity contribution >= 4 is 5.96 Å². The van der Waals surface area contributed by atoms with Crippen molar-refractivity contribution in [2.24, 2.45) is 4.99 Å². The van der Waals surface area contributed by atoms with Crippen molar-refractivity contribution in [1.82, 2.24) is 20.8 Å². The molecular formula is C25H33N5O.